The molecule has 2 fully saturated rings. The van der Waals surface area contributed by atoms with E-state index in [2.05, 4.69) is 31.4 Å². The number of carbonyl (C=O) groups is 1. The highest BCUT2D eigenvalue weighted by atomic mass is 35.5. The van der Waals surface area contributed by atoms with Crippen LogP contribution >= 0.6 is 11.6 Å². The van der Waals surface area contributed by atoms with Gasteiger partial charge in [0.1, 0.15) is 11.6 Å². The maximum absolute atomic E-state index is 13.6. The highest BCUT2D eigenvalue weighted by molar-refractivity contribution is 6.31. The van der Waals surface area contributed by atoms with E-state index < -0.39 is 5.82 Å². The monoisotopic (exact) mass is 604 g/mol. The van der Waals surface area contributed by atoms with Gasteiger partial charge in [-0.1, -0.05) is 50.6 Å². The van der Waals surface area contributed by atoms with Crippen LogP contribution in [0, 0.1) is 34.9 Å². The van der Waals surface area contributed by atoms with E-state index in [1.807, 2.05) is 36.4 Å². The molecule has 2 N–H and O–H groups in total. The van der Waals surface area contributed by atoms with Gasteiger partial charge in [0.2, 0.25) is 5.91 Å². The summed E-state index contributed by atoms with van der Waals surface area (Å²) in [5.74, 6) is 3.31. The third-order valence-corrected chi connectivity index (χ3v) is 10.2. The van der Waals surface area contributed by atoms with Crippen molar-refractivity contribution in [3.8, 4) is 5.75 Å². The third kappa shape index (κ3) is 7.92. The quantitative estimate of drug-likeness (QED) is 0.251. The minimum atomic E-state index is -0.464. The van der Waals surface area contributed by atoms with Gasteiger partial charge in [-0.05, 0) is 135 Å². The number of hydrogen-bond donors (Lipinski definition) is 2. The van der Waals surface area contributed by atoms with Gasteiger partial charge in [-0.15, -0.1) is 0 Å². The lowest BCUT2D eigenvalue weighted by Gasteiger charge is -2.41. The van der Waals surface area contributed by atoms with Gasteiger partial charge in [-0.2, -0.15) is 0 Å². The van der Waals surface area contributed by atoms with Gasteiger partial charge in [-0.3, -0.25) is 4.79 Å². The number of ether oxygens (including phenoxy) is 1. The molecule has 1 amide bonds. The fraction of sp³-hybridized carbons (Fsp3) is 0.486. The molecule has 2 aliphatic carbocycles. The highest BCUT2D eigenvalue weighted by Gasteiger charge is 2.34. The Morgan fingerprint density at radius 1 is 0.953 bits per heavy atom. The van der Waals surface area contributed by atoms with E-state index in [4.69, 9.17) is 16.3 Å². The van der Waals surface area contributed by atoms with E-state index in [9.17, 15) is 9.18 Å². The van der Waals surface area contributed by atoms with Gasteiger partial charge >= 0.3 is 0 Å². The van der Waals surface area contributed by atoms with Crippen molar-refractivity contribution in [1.82, 2.24) is 0 Å². The first-order valence-electron chi connectivity index (χ1n) is 15.9. The number of carbonyl (C=O) groups excluding carboxylic acids is 1. The second-order valence-corrected chi connectivity index (χ2v) is 14.1. The molecule has 0 aromatic heterocycles. The fourth-order valence-corrected chi connectivity index (χ4v) is 7.48. The minimum absolute atomic E-state index is 0.0539. The van der Waals surface area contributed by atoms with E-state index in [1.54, 1.807) is 25.3 Å². The van der Waals surface area contributed by atoms with Crippen LogP contribution in [-0.2, 0) is 4.79 Å². The maximum atomic E-state index is 13.6. The molecule has 0 aliphatic heterocycles. The topological polar surface area (TPSA) is 50.4 Å². The van der Waals surface area contributed by atoms with Crippen molar-refractivity contribution in [2.24, 2.45) is 29.1 Å². The van der Waals surface area contributed by atoms with Crippen molar-refractivity contribution in [1.29, 1.82) is 0 Å². The molecular formula is C37H46ClFN2O2. The molecule has 0 radical (unpaired) electrons. The SMILES string of the molecule is COc1cc2cccc(Nc3ccc(F)c(Cl)c3)c2cc1NC(=O)/C=C/CC1CCC(C2CCC(C(C)(C)C)CC2)CC1. The summed E-state index contributed by atoms with van der Waals surface area (Å²) in [5.41, 5.74) is 2.52. The zero-order valence-corrected chi connectivity index (χ0v) is 26.8. The number of nitrogens with one attached hydrogen (secondary N) is 2. The lowest BCUT2D eigenvalue weighted by atomic mass is 9.64. The number of fused-ring (bicyclic) bond motifs is 1. The van der Waals surface area contributed by atoms with Gasteiger partial charge in [0.25, 0.3) is 0 Å². The van der Waals surface area contributed by atoms with E-state index in [-0.39, 0.29) is 10.9 Å². The average molecular weight is 605 g/mol. The first-order chi connectivity index (χ1) is 20.6. The number of rotatable bonds is 8. The second kappa shape index (κ2) is 13.7. The molecule has 43 heavy (non-hydrogen) atoms. The molecule has 0 bridgehead atoms. The van der Waals surface area contributed by atoms with Crippen LogP contribution in [-0.4, -0.2) is 13.0 Å². The fourth-order valence-electron chi connectivity index (χ4n) is 7.30. The van der Waals surface area contributed by atoms with Crippen LogP contribution in [0.1, 0.15) is 78.6 Å². The van der Waals surface area contributed by atoms with Crippen molar-refractivity contribution in [3.05, 3.63) is 71.5 Å². The molecule has 0 heterocycles. The molecule has 230 valence electrons. The highest BCUT2D eigenvalue weighted by Crippen LogP contribution is 2.46. The second-order valence-electron chi connectivity index (χ2n) is 13.7. The van der Waals surface area contributed by atoms with Gasteiger partial charge in [0.15, 0.2) is 0 Å². The van der Waals surface area contributed by atoms with Crippen LogP contribution in [0.2, 0.25) is 5.02 Å². The molecule has 0 unspecified atom stereocenters. The summed E-state index contributed by atoms with van der Waals surface area (Å²) in [5, 5.41) is 8.23. The van der Waals surface area contributed by atoms with Gasteiger partial charge < -0.3 is 15.4 Å². The number of halogens is 2. The number of benzene rings is 3. The normalized spacial score (nSPS) is 22.9. The number of amides is 1. The van der Waals surface area contributed by atoms with Crippen molar-refractivity contribution >= 4 is 45.3 Å². The first kappa shape index (κ1) is 31.4. The van der Waals surface area contributed by atoms with Crippen molar-refractivity contribution in [2.45, 2.75) is 78.6 Å². The largest absolute Gasteiger partial charge is 0.495 e. The summed E-state index contributed by atoms with van der Waals surface area (Å²) in [6.45, 7) is 7.20. The summed E-state index contributed by atoms with van der Waals surface area (Å²) in [6, 6.07) is 14.2. The van der Waals surface area contributed by atoms with E-state index in [1.165, 1.54) is 57.4 Å². The Balaban J connectivity index is 1.16. The number of allylic oxidation sites excluding steroid dienone is 1. The Kier molecular flexibility index (Phi) is 10.0. The van der Waals surface area contributed by atoms with Gasteiger partial charge in [0, 0.05) is 16.8 Å². The van der Waals surface area contributed by atoms with Crippen LogP contribution in [0.25, 0.3) is 10.8 Å². The molecule has 2 saturated carbocycles. The smallest absolute Gasteiger partial charge is 0.248 e. The summed E-state index contributed by atoms with van der Waals surface area (Å²) in [4.78, 5) is 12.9. The van der Waals surface area contributed by atoms with Crippen LogP contribution in [0.3, 0.4) is 0 Å². The zero-order chi connectivity index (χ0) is 30.6. The van der Waals surface area contributed by atoms with Crippen molar-refractivity contribution in [3.63, 3.8) is 0 Å². The molecule has 3 aromatic rings. The minimum Gasteiger partial charge on any atom is -0.495 e. The summed E-state index contributed by atoms with van der Waals surface area (Å²) < 4.78 is 19.3. The third-order valence-electron chi connectivity index (χ3n) is 9.95. The van der Waals surface area contributed by atoms with Crippen molar-refractivity contribution < 1.29 is 13.9 Å². The zero-order valence-electron chi connectivity index (χ0n) is 26.0. The first-order valence-corrected chi connectivity index (χ1v) is 16.3. The molecule has 0 atom stereocenters. The predicted octanol–water partition coefficient (Wildman–Crippen LogP) is 10.9. The number of hydrogen-bond acceptors (Lipinski definition) is 3. The van der Waals surface area contributed by atoms with Crippen molar-refractivity contribution in [2.75, 3.05) is 17.7 Å². The van der Waals surface area contributed by atoms with Gasteiger partial charge in [0.05, 0.1) is 17.8 Å². The standard InChI is InChI=1S/C37H46ClFN2O2/c1-37(2,3)28-17-15-26(16-18-28)25-13-11-24(12-14-25)7-5-10-36(42)41-34-23-30-27(21-35(34)43-4)8-6-9-33(30)40-29-19-20-32(39)31(38)22-29/h5-6,8-10,19-26,28,40H,7,11-18H2,1-4H3,(H,41,42)/b10-5+. The molecule has 2 aliphatic rings. The van der Waals surface area contributed by atoms with Crippen LogP contribution in [0.4, 0.5) is 21.5 Å². The van der Waals surface area contributed by atoms with Crippen LogP contribution < -0.4 is 15.4 Å². The lowest BCUT2D eigenvalue weighted by molar-refractivity contribution is -0.111. The van der Waals surface area contributed by atoms with E-state index in [0.717, 1.165) is 40.6 Å². The lowest BCUT2D eigenvalue weighted by Crippen LogP contribution is -2.30. The number of methoxy groups -OCH3 is 1. The predicted molar refractivity (Wildman–Crippen MR) is 178 cm³/mol. The number of anilines is 3. The van der Waals surface area contributed by atoms with Crippen LogP contribution in [0.5, 0.6) is 5.75 Å². The van der Waals surface area contributed by atoms with Gasteiger partial charge in [-0.25, -0.2) is 4.39 Å². The van der Waals surface area contributed by atoms with E-state index in [0.29, 0.717) is 28.5 Å². The molecule has 6 heteroatoms. The molecule has 3 aromatic carbocycles. The summed E-state index contributed by atoms with van der Waals surface area (Å²) in [6.07, 6.45) is 15.5. The molecule has 4 nitrogen and oxygen atoms in total. The van der Waals surface area contributed by atoms with Crippen LogP contribution in [0.15, 0.2) is 60.7 Å². The Morgan fingerprint density at radius 2 is 1.65 bits per heavy atom. The molecular weight excluding hydrogens is 559 g/mol. The molecule has 0 saturated heterocycles. The Morgan fingerprint density at radius 3 is 2.30 bits per heavy atom. The Labute approximate surface area is 261 Å². The molecule has 0 spiro atoms. The molecule has 5 rings (SSSR count). The average Bonchev–Trinajstić information content (AvgIpc) is 2.99. The Bertz CT molecular complexity index is 1450. The summed E-state index contributed by atoms with van der Waals surface area (Å²) >= 11 is 5.98. The Hall–Kier alpha value is -3.05. The maximum Gasteiger partial charge on any atom is 0.248 e. The summed E-state index contributed by atoms with van der Waals surface area (Å²) in [7, 11) is 1.60. The van der Waals surface area contributed by atoms with E-state index >= 15 is 0 Å².